The number of hydrogen-bond acceptors (Lipinski definition) is 6. The normalized spacial score (nSPS) is 30.3. The molecule has 3 heterocycles. The van der Waals surface area contributed by atoms with Gasteiger partial charge in [-0.1, -0.05) is 49.4 Å². The van der Waals surface area contributed by atoms with Crippen LogP contribution in [0.15, 0.2) is 43.5 Å². The van der Waals surface area contributed by atoms with Crippen molar-refractivity contribution in [1.29, 1.82) is 0 Å². The van der Waals surface area contributed by atoms with Gasteiger partial charge in [-0.15, -0.1) is 18.3 Å². The number of likely N-dealkylation sites (tertiary alicyclic amines) is 1. The molecule has 2 bridgehead atoms. The van der Waals surface area contributed by atoms with Crippen molar-refractivity contribution in [3.8, 4) is 0 Å². The van der Waals surface area contributed by atoms with Gasteiger partial charge in [0.15, 0.2) is 0 Å². The van der Waals surface area contributed by atoms with E-state index in [1.54, 1.807) is 33.7 Å². The minimum atomic E-state index is -0.806. The summed E-state index contributed by atoms with van der Waals surface area (Å²) in [5, 5.41) is 9.89. The number of carbonyl (C=O) groups is 3. The van der Waals surface area contributed by atoms with Gasteiger partial charge in [0, 0.05) is 24.9 Å². The number of aliphatic hydroxyl groups is 1. The number of hydrogen-bond donors (Lipinski definition) is 1. The first-order valence-corrected chi connectivity index (χ1v) is 13.5. The van der Waals surface area contributed by atoms with Crippen molar-refractivity contribution in [1.82, 2.24) is 4.90 Å². The number of carbonyl (C=O) groups excluding carboxylic acids is 3. The van der Waals surface area contributed by atoms with Crippen LogP contribution < -0.4 is 4.90 Å². The van der Waals surface area contributed by atoms with E-state index in [0.717, 1.165) is 5.56 Å². The highest BCUT2D eigenvalue weighted by atomic mass is 35.5. The van der Waals surface area contributed by atoms with Crippen LogP contribution in [0.4, 0.5) is 5.69 Å². The van der Waals surface area contributed by atoms with Crippen molar-refractivity contribution in [3.63, 3.8) is 0 Å². The predicted molar refractivity (Wildman–Crippen MR) is 142 cm³/mol. The maximum atomic E-state index is 14.5. The lowest BCUT2D eigenvalue weighted by atomic mass is 9.66. The number of benzene rings is 1. The van der Waals surface area contributed by atoms with Crippen LogP contribution in [0.2, 0.25) is 5.02 Å². The molecule has 0 aromatic heterocycles. The fourth-order valence-corrected chi connectivity index (χ4v) is 9.05. The molecule has 1 aromatic rings. The number of nitrogens with zero attached hydrogens (tertiary/aromatic N) is 2. The number of para-hydroxylation sites is 1. The van der Waals surface area contributed by atoms with Gasteiger partial charge in [0.1, 0.15) is 12.6 Å². The number of rotatable bonds is 10. The zero-order chi connectivity index (χ0) is 26.2. The second-order valence-corrected chi connectivity index (χ2v) is 11.7. The van der Waals surface area contributed by atoms with Gasteiger partial charge < -0.3 is 19.6 Å². The third-order valence-electron chi connectivity index (χ3n) is 7.69. The smallest absolute Gasteiger partial charge is 0.311 e. The summed E-state index contributed by atoms with van der Waals surface area (Å²) in [7, 11) is 0. The molecule has 9 heteroatoms. The van der Waals surface area contributed by atoms with E-state index in [2.05, 4.69) is 20.1 Å². The van der Waals surface area contributed by atoms with Crippen LogP contribution >= 0.6 is 23.4 Å². The summed E-state index contributed by atoms with van der Waals surface area (Å²) < 4.78 is 4.63. The van der Waals surface area contributed by atoms with Crippen LogP contribution in [-0.2, 0) is 19.1 Å². The quantitative estimate of drug-likeness (QED) is 0.366. The number of amides is 2. The Morgan fingerprint density at radius 2 is 2.11 bits per heavy atom. The van der Waals surface area contributed by atoms with Crippen LogP contribution in [0.5, 0.6) is 0 Å². The predicted octanol–water partition coefficient (Wildman–Crippen LogP) is 3.62. The number of halogens is 1. The molecule has 3 saturated heterocycles. The van der Waals surface area contributed by atoms with Gasteiger partial charge in [-0.25, -0.2) is 0 Å². The molecular formula is C27H33ClN2O5S. The Kier molecular flexibility index (Phi) is 7.88. The Bertz CT molecular complexity index is 1060. The Balaban J connectivity index is 1.82. The number of ether oxygens (including phenoxy) is 1. The van der Waals surface area contributed by atoms with Crippen molar-refractivity contribution in [3.05, 3.63) is 54.1 Å². The number of anilines is 1. The summed E-state index contributed by atoms with van der Waals surface area (Å²) >= 11 is 8.16. The van der Waals surface area contributed by atoms with E-state index < -0.39 is 28.6 Å². The minimum absolute atomic E-state index is 0.0240. The molecule has 1 spiro atoms. The molecule has 0 saturated carbocycles. The molecule has 2 amide bonds. The molecule has 0 aliphatic carbocycles. The molecule has 7 nitrogen and oxygen atoms in total. The first kappa shape index (κ1) is 26.8. The van der Waals surface area contributed by atoms with Crippen LogP contribution in [-0.4, -0.2) is 70.1 Å². The van der Waals surface area contributed by atoms with Gasteiger partial charge in [0.2, 0.25) is 5.91 Å². The molecule has 0 radical (unpaired) electrons. The Morgan fingerprint density at radius 3 is 2.75 bits per heavy atom. The fourth-order valence-electron chi connectivity index (χ4n) is 6.32. The van der Waals surface area contributed by atoms with Crippen molar-refractivity contribution in [2.24, 2.45) is 17.8 Å². The van der Waals surface area contributed by atoms with Gasteiger partial charge in [0.25, 0.3) is 5.91 Å². The fraction of sp³-hybridized carbons (Fsp3) is 0.519. The lowest BCUT2D eigenvalue weighted by Gasteiger charge is -2.40. The molecule has 3 aliphatic heterocycles. The molecule has 1 N–H and O–H groups in total. The van der Waals surface area contributed by atoms with Crippen LogP contribution in [0.1, 0.15) is 25.3 Å². The molecule has 194 valence electrons. The first-order valence-electron chi connectivity index (χ1n) is 12.3. The standard InChI is InChI=1S/C27H33ClN2O5S/c1-5-11-29(22-16(3)9-7-10-18(22)28)25(33)23-27-17(4)15-19(36-27)20(26(34)35-14-6-2)21(27)24(32)30(23)12-8-13-31/h5-7,9-10,17,19-21,23,31H,1-2,8,11-15H2,3-4H3/t17?,19-,20+,21+,23?,27?/m1/s1. The van der Waals surface area contributed by atoms with Gasteiger partial charge in [0.05, 0.1) is 27.3 Å². The number of fused-ring (bicyclic) bond motifs is 1. The highest BCUT2D eigenvalue weighted by molar-refractivity contribution is 8.02. The Hall–Kier alpha value is -2.29. The van der Waals surface area contributed by atoms with Crippen molar-refractivity contribution >= 4 is 46.8 Å². The van der Waals surface area contributed by atoms with Gasteiger partial charge in [-0.05, 0) is 37.3 Å². The lowest BCUT2D eigenvalue weighted by Crippen LogP contribution is -2.57. The summed E-state index contributed by atoms with van der Waals surface area (Å²) in [5.74, 6) is -2.16. The topological polar surface area (TPSA) is 87.1 Å². The summed E-state index contributed by atoms with van der Waals surface area (Å²) in [6.07, 6.45) is 4.19. The Labute approximate surface area is 221 Å². The second-order valence-electron chi connectivity index (χ2n) is 9.72. The maximum absolute atomic E-state index is 14.5. The van der Waals surface area contributed by atoms with E-state index in [0.29, 0.717) is 23.6 Å². The molecule has 3 fully saturated rings. The summed E-state index contributed by atoms with van der Waals surface area (Å²) in [5.41, 5.74) is 1.42. The average Bonchev–Trinajstić information content (AvgIpc) is 3.43. The van der Waals surface area contributed by atoms with Gasteiger partial charge in [-0.3, -0.25) is 14.4 Å². The largest absolute Gasteiger partial charge is 0.461 e. The molecule has 6 atom stereocenters. The van der Waals surface area contributed by atoms with E-state index in [9.17, 15) is 19.5 Å². The van der Waals surface area contributed by atoms with E-state index in [4.69, 9.17) is 16.3 Å². The first-order chi connectivity index (χ1) is 17.2. The highest BCUT2D eigenvalue weighted by Crippen LogP contribution is 2.68. The van der Waals surface area contributed by atoms with Crippen LogP contribution in [0, 0.1) is 24.7 Å². The summed E-state index contributed by atoms with van der Waals surface area (Å²) in [4.78, 5) is 44.8. The number of aryl methyl sites for hydroxylation is 1. The minimum Gasteiger partial charge on any atom is -0.461 e. The maximum Gasteiger partial charge on any atom is 0.311 e. The number of esters is 1. The van der Waals surface area contributed by atoms with E-state index in [1.807, 2.05) is 19.1 Å². The highest BCUT2D eigenvalue weighted by Gasteiger charge is 2.76. The Morgan fingerprint density at radius 1 is 1.36 bits per heavy atom. The van der Waals surface area contributed by atoms with Crippen molar-refractivity contribution in [2.45, 2.75) is 42.7 Å². The monoisotopic (exact) mass is 532 g/mol. The molecule has 4 rings (SSSR count). The van der Waals surface area contributed by atoms with Crippen molar-refractivity contribution in [2.75, 3.05) is 31.2 Å². The molecule has 36 heavy (non-hydrogen) atoms. The SMILES string of the molecule is C=CCOC(=O)[C@@H]1[C@H]2C(=O)N(CCCO)C(C(=O)N(CC=C)c3c(C)cccc3Cl)C23S[C@@H]1CC3C. The van der Waals surface area contributed by atoms with E-state index in [1.165, 1.54) is 6.08 Å². The van der Waals surface area contributed by atoms with Crippen LogP contribution in [0.25, 0.3) is 0 Å². The van der Waals surface area contributed by atoms with Gasteiger partial charge in [-0.2, -0.15) is 0 Å². The summed E-state index contributed by atoms with van der Waals surface area (Å²) in [6, 6.07) is 4.65. The lowest BCUT2D eigenvalue weighted by molar-refractivity contribution is -0.153. The second kappa shape index (κ2) is 10.6. The molecular weight excluding hydrogens is 500 g/mol. The number of aliphatic hydroxyl groups excluding tert-OH is 1. The van der Waals surface area contributed by atoms with E-state index in [-0.39, 0.29) is 49.3 Å². The van der Waals surface area contributed by atoms with Crippen LogP contribution in [0.3, 0.4) is 0 Å². The summed E-state index contributed by atoms with van der Waals surface area (Å²) in [6.45, 7) is 11.8. The molecule has 3 aliphatic rings. The zero-order valence-electron chi connectivity index (χ0n) is 20.7. The van der Waals surface area contributed by atoms with Gasteiger partial charge >= 0.3 is 5.97 Å². The third kappa shape index (κ3) is 4.07. The number of thioether (sulfide) groups is 1. The van der Waals surface area contributed by atoms with Crippen molar-refractivity contribution < 1.29 is 24.2 Å². The molecule has 3 unspecified atom stereocenters. The third-order valence-corrected chi connectivity index (χ3v) is 10.1. The van der Waals surface area contributed by atoms with E-state index >= 15 is 0 Å². The average molecular weight is 533 g/mol. The molecule has 1 aromatic carbocycles. The zero-order valence-corrected chi connectivity index (χ0v) is 22.3.